The van der Waals surface area contributed by atoms with Crippen molar-refractivity contribution in [3.05, 3.63) is 56.9 Å². The molecule has 0 spiro atoms. The van der Waals surface area contributed by atoms with Crippen LogP contribution in [0.15, 0.2) is 40.1 Å². The summed E-state index contributed by atoms with van der Waals surface area (Å²) in [5.41, 5.74) is 6.48. The summed E-state index contributed by atoms with van der Waals surface area (Å²) in [6, 6.07) is 6.63. The van der Waals surface area contributed by atoms with Crippen molar-refractivity contribution in [3.63, 3.8) is 0 Å². The highest BCUT2D eigenvalue weighted by Gasteiger charge is 2.07. The highest BCUT2D eigenvalue weighted by Crippen LogP contribution is 2.21. The molecule has 0 atom stereocenters. The molecule has 112 valence electrons. The summed E-state index contributed by atoms with van der Waals surface area (Å²) in [7, 11) is 1.54. The largest absolute Gasteiger partial charge is 0.495 e. The molecule has 0 radical (unpaired) electrons. The zero-order chi connectivity index (χ0) is 15.4. The molecule has 6 nitrogen and oxygen atoms in total. The molecule has 2 rings (SSSR count). The first-order chi connectivity index (χ1) is 10.1. The molecule has 0 aliphatic heterocycles. The monoisotopic (exact) mass is 289 g/mol. The Morgan fingerprint density at radius 1 is 1.24 bits per heavy atom. The van der Waals surface area contributed by atoms with E-state index in [1.165, 1.54) is 28.5 Å². The molecule has 0 saturated heterocycles. The Kier molecular flexibility index (Phi) is 4.47. The minimum absolute atomic E-state index is 0.191. The summed E-state index contributed by atoms with van der Waals surface area (Å²) in [6.45, 7) is 2.76. The number of aryl methyl sites for hydroxylation is 1. The lowest BCUT2D eigenvalue weighted by Crippen LogP contribution is -2.39. The maximum atomic E-state index is 12.3. The summed E-state index contributed by atoms with van der Waals surface area (Å²) >= 11 is 0. The second-order valence-corrected chi connectivity index (χ2v) is 4.79. The molecular weight excluding hydrogens is 270 g/mol. The lowest BCUT2D eigenvalue weighted by molar-refractivity contribution is 0.417. The van der Waals surface area contributed by atoms with Crippen molar-refractivity contribution in [2.75, 3.05) is 12.8 Å². The van der Waals surface area contributed by atoms with Crippen molar-refractivity contribution in [2.24, 2.45) is 0 Å². The quantitative estimate of drug-likeness (QED) is 0.835. The van der Waals surface area contributed by atoms with Gasteiger partial charge in [-0.15, -0.1) is 0 Å². The van der Waals surface area contributed by atoms with Crippen LogP contribution in [-0.4, -0.2) is 16.2 Å². The van der Waals surface area contributed by atoms with Gasteiger partial charge in [-0.05, 0) is 24.1 Å². The number of rotatable bonds is 5. The van der Waals surface area contributed by atoms with Crippen LogP contribution >= 0.6 is 0 Å². The van der Waals surface area contributed by atoms with Gasteiger partial charge in [-0.3, -0.25) is 9.36 Å². The van der Waals surface area contributed by atoms with Gasteiger partial charge in [0.15, 0.2) is 0 Å². The van der Waals surface area contributed by atoms with E-state index in [1.54, 1.807) is 18.2 Å². The fraction of sp³-hybridized carbons (Fsp3) is 0.333. The van der Waals surface area contributed by atoms with Gasteiger partial charge in [0.2, 0.25) is 0 Å². The first-order valence-electron chi connectivity index (χ1n) is 6.79. The minimum atomic E-state index is -0.318. The predicted octanol–water partition coefficient (Wildman–Crippen LogP) is 1.06. The molecule has 2 aromatic rings. The normalized spacial score (nSPS) is 10.6. The third-order valence-corrected chi connectivity index (χ3v) is 3.24. The Morgan fingerprint density at radius 2 is 2.00 bits per heavy atom. The van der Waals surface area contributed by atoms with E-state index >= 15 is 0 Å². The van der Waals surface area contributed by atoms with Gasteiger partial charge in [-0.2, -0.15) is 0 Å². The fourth-order valence-corrected chi connectivity index (χ4v) is 2.18. The Morgan fingerprint density at radius 3 is 2.62 bits per heavy atom. The zero-order valence-corrected chi connectivity index (χ0v) is 12.2. The first-order valence-corrected chi connectivity index (χ1v) is 6.79. The van der Waals surface area contributed by atoms with Gasteiger partial charge in [-0.1, -0.05) is 13.0 Å². The number of nitrogens with two attached hydrogens (primary N) is 1. The third-order valence-electron chi connectivity index (χ3n) is 3.24. The lowest BCUT2D eigenvalue weighted by atomic mass is 10.2. The van der Waals surface area contributed by atoms with Crippen LogP contribution in [0.5, 0.6) is 5.75 Å². The molecule has 21 heavy (non-hydrogen) atoms. The molecule has 6 heteroatoms. The number of ether oxygens (including phenoxy) is 1. The zero-order valence-electron chi connectivity index (χ0n) is 12.2. The smallest absolute Gasteiger partial charge is 0.331 e. The lowest BCUT2D eigenvalue weighted by Gasteiger charge is -2.10. The summed E-state index contributed by atoms with van der Waals surface area (Å²) < 4.78 is 7.83. The number of anilines is 1. The molecule has 1 heterocycles. The maximum absolute atomic E-state index is 12.3. The number of nitrogens with zero attached hydrogens (tertiary/aromatic N) is 2. The van der Waals surface area contributed by atoms with Crippen LogP contribution in [0.4, 0.5) is 5.69 Å². The second-order valence-electron chi connectivity index (χ2n) is 4.79. The minimum Gasteiger partial charge on any atom is -0.495 e. The van der Waals surface area contributed by atoms with E-state index in [-0.39, 0.29) is 17.8 Å². The van der Waals surface area contributed by atoms with Gasteiger partial charge in [0.25, 0.3) is 5.56 Å². The highest BCUT2D eigenvalue weighted by molar-refractivity contribution is 5.54. The number of hydrogen-bond donors (Lipinski definition) is 1. The van der Waals surface area contributed by atoms with Crippen molar-refractivity contribution in [1.82, 2.24) is 9.13 Å². The number of methoxy groups -OCH3 is 1. The van der Waals surface area contributed by atoms with Crippen LogP contribution in [0.3, 0.4) is 0 Å². The average Bonchev–Trinajstić information content (AvgIpc) is 2.47. The van der Waals surface area contributed by atoms with Crippen LogP contribution in [0.1, 0.15) is 18.9 Å². The van der Waals surface area contributed by atoms with Crippen LogP contribution in [0.2, 0.25) is 0 Å². The van der Waals surface area contributed by atoms with Gasteiger partial charge < -0.3 is 15.0 Å². The predicted molar refractivity (Wildman–Crippen MR) is 81.8 cm³/mol. The third kappa shape index (κ3) is 3.16. The van der Waals surface area contributed by atoms with Crippen molar-refractivity contribution in [1.29, 1.82) is 0 Å². The molecule has 0 bridgehead atoms. The highest BCUT2D eigenvalue weighted by atomic mass is 16.5. The Hall–Kier alpha value is -2.50. The van der Waals surface area contributed by atoms with Crippen molar-refractivity contribution in [3.8, 4) is 5.75 Å². The molecule has 0 fully saturated rings. The summed E-state index contributed by atoms with van der Waals surface area (Å²) in [5, 5.41) is 0. The van der Waals surface area contributed by atoms with Crippen LogP contribution in [0, 0.1) is 0 Å². The summed E-state index contributed by atoms with van der Waals surface area (Å²) in [6.07, 6.45) is 2.36. The first kappa shape index (κ1) is 14.9. The van der Waals surface area contributed by atoms with E-state index in [0.717, 1.165) is 12.0 Å². The van der Waals surface area contributed by atoms with Crippen LogP contribution in [-0.2, 0) is 13.1 Å². The molecule has 0 amide bonds. The molecular formula is C15H19N3O3. The summed E-state index contributed by atoms with van der Waals surface area (Å²) in [5.74, 6) is 0.572. The standard InChI is InChI=1S/C15H19N3O3/c1-3-7-17-8-6-14(19)18(15(17)20)10-11-4-5-13(21-2)12(16)9-11/h4-6,8-9H,3,7,10,16H2,1-2H3. The number of benzene rings is 1. The van der Waals surface area contributed by atoms with E-state index < -0.39 is 0 Å². The van der Waals surface area contributed by atoms with E-state index in [0.29, 0.717) is 18.0 Å². The Labute approximate surface area is 122 Å². The number of nitrogen functional groups attached to an aromatic ring is 1. The van der Waals surface area contributed by atoms with Gasteiger partial charge in [0.1, 0.15) is 5.75 Å². The van der Waals surface area contributed by atoms with E-state index in [9.17, 15) is 9.59 Å². The molecule has 0 unspecified atom stereocenters. The topological polar surface area (TPSA) is 79.2 Å². The van der Waals surface area contributed by atoms with Crippen molar-refractivity contribution >= 4 is 5.69 Å². The Balaban J connectivity index is 2.39. The van der Waals surface area contributed by atoms with Gasteiger partial charge in [-0.25, -0.2) is 4.79 Å². The van der Waals surface area contributed by atoms with Gasteiger partial charge >= 0.3 is 5.69 Å². The van der Waals surface area contributed by atoms with E-state index in [2.05, 4.69) is 0 Å². The van der Waals surface area contributed by atoms with Crippen molar-refractivity contribution in [2.45, 2.75) is 26.4 Å². The van der Waals surface area contributed by atoms with Gasteiger partial charge in [0.05, 0.1) is 19.3 Å². The maximum Gasteiger partial charge on any atom is 0.331 e. The molecule has 1 aromatic heterocycles. The van der Waals surface area contributed by atoms with Gasteiger partial charge in [0, 0.05) is 18.8 Å². The number of aromatic nitrogens is 2. The SMILES string of the molecule is CCCn1ccc(=O)n(Cc2ccc(OC)c(N)c2)c1=O. The van der Waals surface area contributed by atoms with Crippen molar-refractivity contribution < 1.29 is 4.74 Å². The van der Waals surface area contributed by atoms with E-state index in [1.807, 2.05) is 6.92 Å². The molecule has 1 aromatic carbocycles. The fourth-order valence-electron chi connectivity index (χ4n) is 2.18. The molecule has 0 aliphatic carbocycles. The number of hydrogen-bond acceptors (Lipinski definition) is 4. The Bertz CT molecular complexity index is 747. The summed E-state index contributed by atoms with van der Waals surface area (Å²) in [4.78, 5) is 24.2. The molecule has 0 aliphatic rings. The average molecular weight is 289 g/mol. The van der Waals surface area contributed by atoms with Crippen LogP contribution in [0.25, 0.3) is 0 Å². The molecule has 2 N–H and O–H groups in total. The molecule has 0 saturated carbocycles. The van der Waals surface area contributed by atoms with Crippen LogP contribution < -0.4 is 21.7 Å². The second kappa shape index (κ2) is 6.30. The van der Waals surface area contributed by atoms with E-state index in [4.69, 9.17) is 10.5 Å².